The predicted octanol–water partition coefficient (Wildman–Crippen LogP) is 16.0. The molecule has 3 nitrogen and oxygen atoms in total. The number of rotatable bonds is 8. The first-order chi connectivity index (χ1) is 29.8. The summed E-state index contributed by atoms with van der Waals surface area (Å²) in [7, 11) is 3.50. The highest BCUT2D eigenvalue weighted by atomic mass is 127. The van der Waals surface area contributed by atoms with Crippen LogP contribution < -0.4 is 16.0 Å². The van der Waals surface area contributed by atoms with Gasteiger partial charge in [0.2, 0.25) is 0 Å². The Balaban J connectivity index is 0.00000253. The van der Waals surface area contributed by atoms with E-state index >= 15 is 0 Å². The molecule has 0 saturated carbocycles. The number of nitrogens with two attached hydrogens (primary N) is 1. The molecule has 7 aromatic carbocycles. The first-order valence-electron chi connectivity index (χ1n) is 20.4. The highest BCUT2D eigenvalue weighted by Crippen LogP contribution is 2.50. The van der Waals surface area contributed by atoms with E-state index in [1.807, 2.05) is 52.4 Å². The quantitative estimate of drug-likeness (QED) is 0.0808. The highest BCUT2D eigenvalue weighted by Gasteiger charge is 2.35. The maximum absolute atomic E-state index is 6.54. The van der Waals surface area contributed by atoms with Gasteiger partial charge in [0.25, 0.3) is 0 Å². The lowest BCUT2D eigenvalue weighted by atomic mass is 9.82. The van der Waals surface area contributed by atoms with Crippen molar-refractivity contribution in [2.75, 3.05) is 10.2 Å². The first-order valence-corrected chi connectivity index (χ1v) is 23.7. The zero-order chi connectivity index (χ0) is 42.5. The molecule has 0 saturated heterocycles. The molecule has 1 aliphatic carbocycles. The molecule has 0 fully saturated rings. The molecule has 0 bridgehead atoms. The normalized spacial score (nSPS) is 15.3. The summed E-state index contributed by atoms with van der Waals surface area (Å²) in [6.45, 7) is 11.4. The minimum absolute atomic E-state index is 0.120. The van der Waals surface area contributed by atoms with Crippen LogP contribution in [0.25, 0.3) is 50.2 Å². The van der Waals surface area contributed by atoms with Gasteiger partial charge in [0.1, 0.15) is 0 Å². The minimum Gasteiger partial charge on any atom is -0.398 e. The molecule has 0 atom stereocenters. The number of nitrogens with zero attached hydrogens (tertiary/aromatic N) is 1. The zero-order valence-corrected chi connectivity index (χ0v) is 37.7. The van der Waals surface area contributed by atoms with Gasteiger partial charge in [-0.1, -0.05) is 136 Å². The van der Waals surface area contributed by atoms with Crippen molar-refractivity contribution >= 4 is 70.6 Å². The van der Waals surface area contributed by atoms with Crippen LogP contribution in [0, 0.1) is 0 Å². The fourth-order valence-electron chi connectivity index (χ4n) is 8.54. The van der Waals surface area contributed by atoms with Crippen molar-refractivity contribution in [3.8, 4) is 33.4 Å². The van der Waals surface area contributed by atoms with Crippen molar-refractivity contribution in [2.24, 2.45) is 5.73 Å². The van der Waals surface area contributed by atoms with Crippen molar-refractivity contribution in [2.45, 2.75) is 26.2 Å². The van der Waals surface area contributed by atoms with Gasteiger partial charge in [0, 0.05) is 45.5 Å². The van der Waals surface area contributed by atoms with Crippen molar-refractivity contribution in [3.05, 3.63) is 235 Å². The second kappa shape index (κ2) is 18.1. The number of hydrogen-bond donors (Lipinski definition) is 3. The van der Waals surface area contributed by atoms with E-state index in [0.29, 0.717) is 0 Å². The number of allylic oxidation sites excluding steroid dienone is 7. The Kier molecular flexibility index (Phi) is 12.3. The van der Waals surface area contributed by atoms with Gasteiger partial charge in [0.05, 0.1) is 5.69 Å². The fraction of sp³-hybridized carbons (Fsp3) is 0.0714. The number of nitrogens with one attached hydrogen (secondary N) is 1. The highest BCUT2D eigenvalue weighted by molar-refractivity contribution is 14.2. The fourth-order valence-corrected chi connectivity index (χ4v) is 8.54. The number of fused-ring (bicyclic) bond motifs is 4. The second-order valence-corrected chi connectivity index (χ2v) is 15.8. The van der Waals surface area contributed by atoms with Crippen LogP contribution in [-0.2, 0) is 5.41 Å². The number of halogens is 1. The number of thiol groups is 1. The molecule has 7 aromatic rings. The van der Waals surface area contributed by atoms with E-state index in [-0.39, 0.29) is 5.41 Å². The third-order valence-corrected chi connectivity index (χ3v) is 11.7. The van der Waals surface area contributed by atoms with E-state index < -0.39 is 0 Å². The van der Waals surface area contributed by atoms with Gasteiger partial charge in [-0.05, 0) is 168 Å². The molecular weight excluding hydrogens is 874 g/mol. The van der Waals surface area contributed by atoms with Gasteiger partial charge < -0.3 is 16.0 Å². The lowest BCUT2D eigenvalue weighted by Gasteiger charge is -2.27. The van der Waals surface area contributed by atoms with Crippen LogP contribution in [0.1, 0.15) is 48.6 Å². The molecule has 0 spiro atoms. The SMILES string of the molecule is C=C1/C=C(c2cccc(-c3ccccc3Nc3ccccc3)c2)\C=C/N(c2ccccc2)c2ccc(-c3ccc4c(c3)-c3cc(/C(N)=C/C=C\C)ccc3C4(C)C)cc21.SI. The number of benzene rings is 7. The number of hydrogen-bond acceptors (Lipinski definition) is 4. The van der Waals surface area contributed by atoms with Crippen LogP contribution in [0.15, 0.2) is 207 Å². The number of para-hydroxylation sites is 3. The summed E-state index contributed by atoms with van der Waals surface area (Å²) in [5, 5.41) is 3.63. The Morgan fingerprint density at radius 3 is 2.05 bits per heavy atom. The molecule has 300 valence electrons. The monoisotopic (exact) mass is 921 g/mol. The zero-order valence-electron chi connectivity index (χ0n) is 34.6. The third kappa shape index (κ3) is 8.41. The van der Waals surface area contributed by atoms with Gasteiger partial charge in [0.15, 0.2) is 0 Å². The van der Waals surface area contributed by atoms with Crippen molar-refractivity contribution in [1.82, 2.24) is 0 Å². The molecular formula is C56H48IN3S. The molecule has 1 aliphatic heterocycles. The molecule has 3 N–H and O–H groups in total. The summed E-state index contributed by atoms with van der Waals surface area (Å²) in [5.41, 5.74) is 26.4. The van der Waals surface area contributed by atoms with E-state index in [2.05, 4.69) is 210 Å². The summed E-state index contributed by atoms with van der Waals surface area (Å²) in [4.78, 5) is 2.27. The van der Waals surface area contributed by atoms with Gasteiger partial charge in [-0.25, -0.2) is 0 Å². The van der Waals surface area contributed by atoms with Crippen molar-refractivity contribution in [3.63, 3.8) is 0 Å². The Morgan fingerprint density at radius 1 is 0.656 bits per heavy atom. The second-order valence-electron chi connectivity index (χ2n) is 15.8. The molecule has 0 radical (unpaired) electrons. The summed E-state index contributed by atoms with van der Waals surface area (Å²) in [6, 6.07) is 58.5. The van der Waals surface area contributed by atoms with Crippen LogP contribution in [0.4, 0.5) is 22.7 Å². The van der Waals surface area contributed by atoms with Crippen molar-refractivity contribution in [1.29, 1.82) is 0 Å². The summed E-state index contributed by atoms with van der Waals surface area (Å²) in [5.74, 6) is 0. The Bertz CT molecular complexity index is 2870. The van der Waals surface area contributed by atoms with Crippen LogP contribution in [-0.4, -0.2) is 0 Å². The maximum Gasteiger partial charge on any atom is 0.0534 e. The lowest BCUT2D eigenvalue weighted by Crippen LogP contribution is -2.15. The predicted molar refractivity (Wildman–Crippen MR) is 276 cm³/mol. The van der Waals surface area contributed by atoms with Crippen molar-refractivity contribution < 1.29 is 0 Å². The standard InChI is InChI=1S/C56H47N3.HIS/c1-5-6-23-53(57)44-26-29-52-50(37-44)49-36-40(25-28-51(49)56(52,3)4)41-27-30-55-48(35-41)38(2)33-42(31-32-59(55)46-20-11-8-12-21-46)39-16-15-17-43(34-39)47-22-13-14-24-54(47)58-45-18-9-7-10-19-45;1-2/h5-37,58H,2,57H2,1,3-4H3;2H/b6-5-,32-31-,42-33+,53-23-;. The molecule has 0 amide bonds. The van der Waals surface area contributed by atoms with E-state index in [1.165, 1.54) is 22.3 Å². The lowest BCUT2D eigenvalue weighted by molar-refractivity contribution is 0.660. The Labute approximate surface area is 378 Å². The van der Waals surface area contributed by atoms with Crippen LogP contribution in [0.2, 0.25) is 0 Å². The van der Waals surface area contributed by atoms with Crippen LogP contribution in [0.5, 0.6) is 0 Å². The average molecular weight is 922 g/mol. The van der Waals surface area contributed by atoms with Crippen LogP contribution in [0.3, 0.4) is 0 Å². The third-order valence-electron chi connectivity index (χ3n) is 11.7. The van der Waals surface area contributed by atoms with E-state index in [1.54, 1.807) is 0 Å². The molecule has 9 rings (SSSR count). The van der Waals surface area contributed by atoms with Crippen LogP contribution >= 0.6 is 31.0 Å². The molecule has 5 heteroatoms. The van der Waals surface area contributed by atoms with E-state index in [4.69, 9.17) is 12.3 Å². The summed E-state index contributed by atoms with van der Waals surface area (Å²) >= 11 is 1.84. The van der Waals surface area contributed by atoms with Gasteiger partial charge >= 0.3 is 0 Å². The van der Waals surface area contributed by atoms with Gasteiger partial charge in [-0.2, -0.15) is 0 Å². The molecule has 0 unspecified atom stereocenters. The largest absolute Gasteiger partial charge is 0.398 e. The Morgan fingerprint density at radius 2 is 1.30 bits per heavy atom. The van der Waals surface area contributed by atoms with E-state index in [0.717, 1.165) is 78.5 Å². The molecule has 61 heavy (non-hydrogen) atoms. The molecule has 2 aliphatic rings. The van der Waals surface area contributed by atoms with Gasteiger partial charge in [-0.15, -0.1) is 9.80 Å². The van der Waals surface area contributed by atoms with Gasteiger partial charge in [-0.3, -0.25) is 0 Å². The molecule has 1 heterocycles. The smallest absolute Gasteiger partial charge is 0.0534 e. The maximum atomic E-state index is 6.54. The minimum atomic E-state index is -0.120. The van der Waals surface area contributed by atoms with E-state index in [9.17, 15) is 0 Å². The topological polar surface area (TPSA) is 41.3 Å². The Hall–Kier alpha value is -6.28. The number of anilines is 4. The first kappa shape index (κ1) is 41.5. The summed E-state index contributed by atoms with van der Waals surface area (Å²) < 4.78 is 0. The summed E-state index contributed by atoms with van der Waals surface area (Å²) in [6.07, 6.45) is 12.6. The molecule has 0 aromatic heterocycles. The average Bonchev–Trinajstić information content (AvgIpc) is 3.53.